The largest absolute Gasteiger partial charge is 0.490 e. The molecule has 0 amide bonds. The molecule has 0 aliphatic heterocycles. The van der Waals surface area contributed by atoms with Gasteiger partial charge >= 0.3 is 0 Å². The molecule has 0 saturated heterocycles. The second-order valence-corrected chi connectivity index (χ2v) is 8.18. The quantitative estimate of drug-likeness (QED) is 0.721. The summed E-state index contributed by atoms with van der Waals surface area (Å²) in [5.74, 6) is 0.998. The second kappa shape index (κ2) is 5.44. The van der Waals surface area contributed by atoms with E-state index in [-0.39, 0.29) is 16.9 Å². The minimum absolute atomic E-state index is 0.118. The maximum atomic E-state index is 6.00. The van der Waals surface area contributed by atoms with Crippen molar-refractivity contribution >= 4 is 14.5 Å². The van der Waals surface area contributed by atoms with Gasteiger partial charge in [-0.25, -0.2) is 0 Å². The molecular formula is C17H29OP. The fraction of sp³-hybridized carbons (Fsp3) is 0.647. The SMILES string of the molecule is CC(C)Oc1cc(C(C)(C)C)cc(C(C)(C)C)c1P. The van der Waals surface area contributed by atoms with Crippen LogP contribution < -0.4 is 10.0 Å². The molecule has 0 aliphatic rings. The number of ether oxygens (including phenoxy) is 1. The monoisotopic (exact) mass is 280 g/mol. The van der Waals surface area contributed by atoms with Gasteiger partial charge in [-0.2, -0.15) is 0 Å². The van der Waals surface area contributed by atoms with Crippen LogP contribution in [0.25, 0.3) is 0 Å². The smallest absolute Gasteiger partial charge is 0.127 e. The van der Waals surface area contributed by atoms with Crippen LogP contribution in [0.2, 0.25) is 0 Å². The first kappa shape index (κ1) is 16.5. The highest BCUT2D eigenvalue weighted by Crippen LogP contribution is 2.33. The molecule has 0 heterocycles. The van der Waals surface area contributed by atoms with E-state index in [1.165, 1.54) is 16.4 Å². The van der Waals surface area contributed by atoms with Crippen molar-refractivity contribution in [3.05, 3.63) is 23.3 Å². The first-order chi connectivity index (χ1) is 8.43. The summed E-state index contributed by atoms with van der Waals surface area (Å²) in [4.78, 5) is 0. The van der Waals surface area contributed by atoms with E-state index in [9.17, 15) is 0 Å². The number of hydrogen-bond acceptors (Lipinski definition) is 1. The summed E-state index contributed by atoms with van der Waals surface area (Å²) in [7, 11) is 2.86. The maximum Gasteiger partial charge on any atom is 0.127 e. The van der Waals surface area contributed by atoms with Crippen molar-refractivity contribution in [2.24, 2.45) is 0 Å². The molecule has 0 saturated carbocycles. The lowest BCUT2D eigenvalue weighted by molar-refractivity contribution is 0.243. The third-order valence-corrected chi connectivity index (χ3v) is 3.77. The second-order valence-electron chi connectivity index (χ2n) is 7.60. The van der Waals surface area contributed by atoms with E-state index in [1.54, 1.807) is 0 Å². The number of hydrogen-bond donors (Lipinski definition) is 0. The van der Waals surface area contributed by atoms with Crippen LogP contribution in [0, 0.1) is 0 Å². The Hall–Kier alpha value is -0.550. The van der Waals surface area contributed by atoms with E-state index in [0.29, 0.717) is 0 Å². The Labute approximate surface area is 121 Å². The van der Waals surface area contributed by atoms with Gasteiger partial charge in [-0.3, -0.25) is 0 Å². The lowest BCUT2D eigenvalue weighted by atomic mass is 9.80. The highest BCUT2D eigenvalue weighted by atomic mass is 31.0. The summed E-state index contributed by atoms with van der Waals surface area (Å²) >= 11 is 0. The first-order valence-corrected chi connectivity index (χ1v) is 7.62. The van der Waals surface area contributed by atoms with E-state index in [2.05, 4.69) is 76.8 Å². The van der Waals surface area contributed by atoms with Gasteiger partial charge in [0, 0.05) is 5.30 Å². The summed E-state index contributed by atoms with van der Waals surface area (Å²) in [5, 5.41) is 1.19. The van der Waals surface area contributed by atoms with E-state index in [1.807, 2.05) is 0 Å². The number of benzene rings is 1. The van der Waals surface area contributed by atoms with Gasteiger partial charge in [0.15, 0.2) is 0 Å². The van der Waals surface area contributed by atoms with Crippen molar-refractivity contribution in [1.82, 2.24) is 0 Å². The van der Waals surface area contributed by atoms with Gasteiger partial charge in [-0.15, -0.1) is 9.24 Å². The van der Waals surface area contributed by atoms with Gasteiger partial charge in [0.05, 0.1) is 6.10 Å². The summed E-state index contributed by atoms with van der Waals surface area (Å²) < 4.78 is 6.00. The predicted molar refractivity (Wildman–Crippen MR) is 89.0 cm³/mol. The molecule has 0 aliphatic carbocycles. The maximum absolute atomic E-state index is 6.00. The molecule has 0 bridgehead atoms. The summed E-state index contributed by atoms with van der Waals surface area (Å²) in [5.41, 5.74) is 2.93. The molecular weight excluding hydrogens is 251 g/mol. The Morgan fingerprint density at radius 3 is 1.84 bits per heavy atom. The highest BCUT2D eigenvalue weighted by molar-refractivity contribution is 7.28. The van der Waals surface area contributed by atoms with Crippen LogP contribution in [-0.2, 0) is 10.8 Å². The Morgan fingerprint density at radius 2 is 1.47 bits per heavy atom. The predicted octanol–water partition coefficient (Wildman–Crippen LogP) is 4.57. The van der Waals surface area contributed by atoms with Crippen molar-refractivity contribution in [2.45, 2.75) is 72.3 Å². The highest BCUT2D eigenvalue weighted by Gasteiger charge is 2.24. The molecule has 108 valence electrons. The minimum atomic E-state index is 0.118. The zero-order valence-electron chi connectivity index (χ0n) is 13.7. The standard InChI is InChI=1S/C17H29OP/c1-11(2)18-14-10-12(16(3,4)5)9-13(15(14)19)17(6,7)8/h9-11H,19H2,1-8H3. The molecule has 2 heteroatoms. The van der Waals surface area contributed by atoms with Gasteiger partial charge in [0.25, 0.3) is 0 Å². The van der Waals surface area contributed by atoms with Crippen molar-refractivity contribution < 1.29 is 4.74 Å². The molecule has 1 aromatic rings. The third-order valence-electron chi connectivity index (χ3n) is 3.18. The van der Waals surface area contributed by atoms with E-state index in [4.69, 9.17) is 4.74 Å². The van der Waals surface area contributed by atoms with Crippen LogP contribution >= 0.6 is 9.24 Å². The Balaban J connectivity index is 3.48. The number of rotatable bonds is 2. The van der Waals surface area contributed by atoms with Gasteiger partial charge in [0.2, 0.25) is 0 Å². The minimum Gasteiger partial charge on any atom is -0.490 e. The lowest BCUT2D eigenvalue weighted by Crippen LogP contribution is -2.24. The zero-order chi connectivity index (χ0) is 15.0. The van der Waals surface area contributed by atoms with Gasteiger partial charge in [0.1, 0.15) is 5.75 Å². The molecule has 0 radical (unpaired) electrons. The average molecular weight is 280 g/mol. The van der Waals surface area contributed by atoms with Gasteiger partial charge in [-0.1, -0.05) is 47.6 Å². The summed E-state index contributed by atoms with van der Waals surface area (Å²) in [6.45, 7) is 17.6. The summed E-state index contributed by atoms with van der Waals surface area (Å²) in [6.07, 6.45) is 0.197. The lowest BCUT2D eigenvalue weighted by Gasteiger charge is -2.28. The Morgan fingerprint density at radius 1 is 0.947 bits per heavy atom. The average Bonchev–Trinajstić information content (AvgIpc) is 2.16. The third kappa shape index (κ3) is 4.21. The van der Waals surface area contributed by atoms with Crippen molar-refractivity contribution in [1.29, 1.82) is 0 Å². The van der Waals surface area contributed by atoms with Crippen LogP contribution in [0.15, 0.2) is 12.1 Å². The topological polar surface area (TPSA) is 9.23 Å². The van der Waals surface area contributed by atoms with Gasteiger partial charge < -0.3 is 4.74 Å². The fourth-order valence-corrected chi connectivity index (χ4v) is 2.70. The summed E-state index contributed by atoms with van der Waals surface area (Å²) in [6, 6.07) is 4.52. The molecule has 0 N–H and O–H groups in total. The molecule has 19 heavy (non-hydrogen) atoms. The zero-order valence-corrected chi connectivity index (χ0v) is 14.9. The molecule has 1 rings (SSSR count). The van der Waals surface area contributed by atoms with Crippen LogP contribution in [0.3, 0.4) is 0 Å². The molecule has 1 aromatic carbocycles. The van der Waals surface area contributed by atoms with E-state index >= 15 is 0 Å². The van der Waals surface area contributed by atoms with Crippen LogP contribution in [0.1, 0.15) is 66.5 Å². The van der Waals surface area contributed by atoms with Crippen LogP contribution in [0.5, 0.6) is 5.75 Å². The molecule has 0 aromatic heterocycles. The van der Waals surface area contributed by atoms with Crippen LogP contribution in [0.4, 0.5) is 0 Å². The molecule has 1 atom stereocenters. The van der Waals surface area contributed by atoms with Crippen molar-refractivity contribution in [2.75, 3.05) is 0 Å². The normalized spacial score (nSPS) is 12.9. The molecule has 1 unspecified atom stereocenters. The van der Waals surface area contributed by atoms with Crippen molar-refractivity contribution in [3.63, 3.8) is 0 Å². The Bertz CT molecular complexity index is 448. The van der Waals surface area contributed by atoms with Crippen LogP contribution in [-0.4, -0.2) is 6.10 Å². The van der Waals surface area contributed by atoms with E-state index < -0.39 is 0 Å². The molecule has 0 fully saturated rings. The first-order valence-electron chi connectivity index (χ1n) is 7.04. The Kier molecular flexibility index (Phi) is 4.73. The van der Waals surface area contributed by atoms with E-state index in [0.717, 1.165) is 5.75 Å². The fourth-order valence-electron chi connectivity index (χ4n) is 2.03. The van der Waals surface area contributed by atoms with Gasteiger partial charge in [-0.05, 0) is 41.9 Å². The molecule has 0 spiro atoms. The molecule has 1 nitrogen and oxygen atoms in total. The van der Waals surface area contributed by atoms with Crippen molar-refractivity contribution in [3.8, 4) is 5.75 Å².